The molecule has 2 heterocycles. The maximum Gasteiger partial charge on any atom is 0.412 e. The molecule has 13 nitrogen and oxygen atoms in total. The second-order valence-corrected chi connectivity index (χ2v) is 13.4. The SMILES string of the molecule is CC(=O)Nc1nc(CCc2ccc(NC(OC(N)=O)(OC(=O)NC(C)(C)C)C(C)(C)C)cc2)c(C(=O)NCc2cccnc2)s1. The number of aryl methyl sites for hydroxylation is 2. The molecule has 0 bridgehead atoms. The van der Waals surface area contributed by atoms with Gasteiger partial charge >= 0.3 is 18.1 Å². The number of hydrogen-bond acceptors (Lipinski definition) is 10. The Balaban J connectivity index is 1.77. The van der Waals surface area contributed by atoms with Gasteiger partial charge in [0.25, 0.3) is 5.91 Å². The van der Waals surface area contributed by atoms with E-state index in [1.54, 1.807) is 72.1 Å². The Bertz CT molecular complexity index is 1500. The Morgan fingerprint density at radius 2 is 1.62 bits per heavy atom. The smallest absolute Gasteiger partial charge is 0.387 e. The van der Waals surface area contributed by atoms with Gasteiger partial charge in [-0.15, -0.1) is 0 Å². The lowest BCUT2D eigenvalue weighted by Crippen LogP contribution is -2.59. The van der Waals surface area contributed by atoms with E-state index in [0.717, 1.165) is 22.5 Å². The maximum atomic E-state index is 13.1. The van der Waals surface area contributed by atoms with E-state index < -0.39 is 29.1 Å². The number of nitrogens with two attached hydrogens (primary N) is 1. The van der Waals surface area contributed by atoms with Gasteiger partial charge in [-0.1, -0.05) is 50.3 Å². The third kappa shape index (κ3) is 10.4. The van der Waals surface area contributed by atoms with Gasteiger partial charge in [-0.3, -0.25) is 14.6 Å². The molecule has 1 aromatic carbocycles. The average Bonchev–Trinajstić information content (AvgIpc) is 3.31. The summed E-state index contributed by atoms with van der Waals surface area (Å²) in [5, 5.41) is 11.6. The lowest BCUT2D eigenvalue weighted by molar-refractivity contribution is -0.202. The molecule has 0 spiro atoms. The lowest BCUT2D eigenvalue weighted by Gasteiger charge is -2.42. The second-order valence-electron chi connectivity index (χ2n) is 12.4. The Kier molecular flexibility index (Phi) is 11.1. The summed E-state index contributed by atoms with van der Waals surface area (Å²) in [6.07, 6.45) is 2.35. The minimum absolute atomic E-state index is 0.285. The molecule has 4 amide bonds. The number of aromatic nitrogens is 2. The number of alkyl carbamates (subject to hydrolysis) is 1. The van der Waals surface area contributed by atoms with Crippen molar-refractivity contribution in [2.24, 2.45) is 11.1 Å². The number of ether oxygens (including phenoxy) is 2. The van der Waals surface area contributed by atoms with Crippen LogP contribution in [0, 0.1) is 5.41 Å². The Hall–Kier alpha value is -4.72. The summed E-state index contributed by atoms with van der Waals surface area (Å²) in [6, 6.07) is 10.8. The molecule has 6 N–H and O–H groups in total. The molecule has 3 rings (SSSR count). The predicted molar refractivity (Wildman–Crippen MR) is 172 cm³/mol. The van der Waals surface area contributed by atoms with Gasteiger partial charge < -0.3 is 36.5 Å². The first-order valence-corrected chi connectivity index (χ1v) is 15.1. The number of rotatable bonds is 11. The normalized spacial score (nSPS) is 12.8. The number of hydrogen-bond donors (Lipinski definition) is 5. The monoisotopic (exact) mass is 639 g/mol. The molecule has 0 aliphatic carbocycles. The molecule has 0 saturated heterocycles. The first-order valence-electron chi connectivity index (χ1n) is 14.3. The highest BCUT2D eigenvalue weighted by Crippen LogP contribution is 2.37. The Labute approximate surface area is 266 Å². The number of thiazole rings is 1. The minimum atomic E-state index is -1.94. The van der Waals surface area contributed by atoms with E-state index in [1.807, 2.05) is 18.2 Å². The van der Waals surface area contributed by atoms with Gasteiger partial charge in [0.05, 0.1) is 11.1 Å². The number of nitrogens with zero attached hydrogens (tertiary/aromatic N) is 2. The highest BCUT2D eigenvalue weighted by Gasteiger charge is 2.50. The third-order valence-corrected chi connectivity index (χ3v) is 7.23. The lowest BCUT2D eigenvalue weighted by atomic mass is 9.90. The quantitative estimate of drug-likeness (QED) is 0.181. The maximum absolute atomic E-state index is 13.1. The van der Waals surface area contributed by atoms with Crippen molar-refractivity contribution in [1.29, 1.82) is 0 Å². The zero-order chi connectivity index (χ0) is 33.4. The van der Waals surface area contributed by atoms with Crippen LogP contribution in [0.4, 0.5) is 20.4 Å². The molecular weight excluding hydrogens is 598 g/mol. The van der Waals surface area contributed by atoms with Gasteiger partial charge in [0.1, 0.15) is 4.88 Å². The average molecular weight is 640 g/mol. The minimum Gasteiger partial charge on any atom is -0.387 e. The van der Waals surface area contributed by atoms with Crippen molar-refractivity contribution in [3.05, 3.63) is 70.5 Å². The highest BCUT2D eigenvalue weighted by molar-refractivity contribution is 7.17. The van der Waals surface area contributed by atoms with E-state index in [2.05, 4.69) is 31.2 Å². The van der Waals surface area contributed by atoms with Gasteiger partial charge in [0, 0.05) is 37.1 Å². The number of primary amides is 1. The first kappa shape index (κ1) is 34.8. The number of carbonyl (C=O) groups is 4. The summed E-state index contributed by atoms with van der Waals surface area (Å²) in [6.45, 7) is 12.2. The molecule has 1 atom stereocenters. The molecular formula is C31H41N7O6S. The molecule has 0 fully saturated rings. The number of benzene rings is 1. The van der Waals surface area contributed by atoms with Crippen LogP contribution in [0.15, 0.2) is 48.8 Å². The highest BCUT2D eigenvalue weighted by atomic mass is 32.1. The first-order chi connectivity index (χ1) is 21.0. The number of amides is 4. The van der Waals surface area contributed by atoms with Gasteiger partial charge in [-0.2, -0.15) is 0 Å². The zero-order valence-electron chi connectivity index (χ0n) is 26.6. The fourth-order valence-corrected chi connectivity index (χ4v) is 5.02. The summed E-state index contributed by atoms with van der Waals surface area (Å²) >= 11 is 1.11. The molecule has 0 saturated carbocycles. The van der Waals surface area contributed by atoms with Crippen LogP contribution in [-0.4, -0.2) is 45.4 Å². The van der Waals surface area contributed by atoms with Crippen LogP contribution >= 0.6 is 11.3 Å². The van der Waals surface area contributed by atoms with Crippen LogP contribution in [0.2, 0.25) is 0 Å². The van der Waals surface area contributed by atoms with Crippen molar-refractivity contribution in [2.45, 2.75) is 79.3 Å². The molecule has 3 aromatic rings. The summed E-state index contributed by atoms with van der Waals surface area (Å²) in [5.74, 6) is -2.52. The van der Waals surface area contributed by atoms with Gasteiger partial charge in [0.15, 0.2) is 5.13 Å². The molecule has 0 aliphatic heterocycles. The van der Waals surface area contributed by atoms with Crippen molar-refractivity contribution in [3.8, 4) is 0 Å². The summed E-state index contributed by atoms with van der Waals surface area (Å²) in [7, 11) is 0. The van der Waals surface area contributed by atoms with Gasteiger partial charge in [-0.25, -0.2) is 14.6 Å². The summed E-state index contributed by atoms with van der Waals surface area (Å²) in [5.41, 5.74) is 6.66. The van der Waals surface area contributed by atoms with E-state index >= 15 is 0 Å². The standard InChI is InChI=1S/C31H41N7O6S/c1-19(39)35-27-36-23(24(45-27)25(40)34-18-21-9-8-16-33-17-21)15-12-20-10-13-22(14-11-20)37-31(29(2,3)4,43-26(32)41)44-28(42)38-30(5,6)7/h8-11,13-14,16-17,37H,12,15,18H2,1-7H3,(H2,32,41)(H,34,40)(H,38,42)(H,35,36,39). The molecule has 45 heavy (non-hydrogen) atoms. The second kappa shape index (κ2) is 14.4. The summed E-state index contributed by atoms with van der Waals surface area (Å²) in [4.78, 5) is 58.4. The van der Waals surface area contributed by atoms with Crippen molar-refractivity contribution in [1.82, 2.24) is 20.6 Å². The van der Waals surface area contributed by atoms with Crippen LogP contribution in [0.3, 0.4) is 0 Å². The number of carbonyl (C=O) groups excluding carboxylic acids is 4. The molecule has 2 aromatic heterocycles. The van der Waals surface area contributed by atoms with E-state index in [-0.39, 0.29) is 11.8 Å². The van der Waals surface area contributed by atoms with Crippen molar-refractivity contribution in [3.63, 3.8) is 0 Å². The van der Waals surface area contributed by atoms with E-state index in [4.69, 9.17) is 15.2 Å². The van der Waals surface area contributed by atoms with E-state index in [9.17, 15) is 19.2 Å². The largest absolute Gasteiger partial charge is 0.412 e. The van der Waals surface area contributed by atoms with Crippen molar-refractivity contribution in [2.75, 3.05) is 10.6 Å². The fourth-order valence-electron chi connectivity index (χ4n) is 4.04. The Morgan fingerprint density at radius 1 is 0.933 bits per heavy atom. The van der Waals surface area contributed by atoms with Crippen LogP contribution in [0.5, 0.6) is 0 Å². The predicted octanol–water partition coefficient (Wildman–Crippen LogP) is 4.94. The molecule has 14 heteroatoms. The molecule has 0 radical (unpaired) electrons. The number of pyridine rings is 1. The van der Waals surface area contributed by atoms with Gasteiger partial charge in [-0.05, 0) is 62.9 Å². The van der Waals surface area contributed by atoms with E-state index in [0.29, 0.717) is 40.8 Å². The fraction of sp³-hybridized carbons (Fsp3) is 0.419. The van der Waals surface area contributed by atoms with Crippen LogP contribution in [-0.2, 0) is 33.7 Å². The Morgan fingerprint density at radius 3 is 2.18 bits per heavy atom. The number of nitrogens with one attached hydrogen (secondary N) is 4. The molecule has 242 valence electrons. The van der Waals surface area contributed by atoms with Crippen LogP contribution in [0.25, 0.3) is 0 Å². The molecule has 1 unspecified atom stereocenters. The van der Waals surface area contributed by atoms with Crippen LogP contribution in [0.1, 0.15) is 75.0 Å². The van der Waals surface area contributed by atoms with E-state index in [1.165, 1.54) is 6.92 Å². The number of anilines is 2. The van der Waals surface area contributed by atoms with Crippen molar-refractivity contribution < 1.29 is 28.7 Å². The summed E-state index contributed by atoms with van der Waals surface area (Å²) < 4.78 is 11.1. The van der Waals surface area contributed by atoms with Gasteiger partial charge in [0.2, 0.25) is 5.91 Å². The zero-order valence-corrected chi connectivity index (χ0v) is 27.4. The van der Waals surface area contributed by atoms with Crippen LogP contribution < -0.4 is 27.0 Å². The third-order valence-electron chi connectivity index (χ3n) is 6.22. The topological polar surface area (TPSA) is 187 Å². The van der Waals surface area contributed by atoms with Crippen molar-refractivity contribution >= 4 is 46.2 Å². The molecule has 0 aliphatic rings.